The summed E-state index contributed by atoms with van der Waals surface area (Å²) in [7, 11) is 0. The number of carbonyl (C=O) groups is 1. The Hall–Kier alpha value is -4.14. The van der Waals surface area contributed by atoms with Crippen LogP contribution in [0.5, 0.6) is 17.4 Å². The number of imidazole rings is 1. The molecule has 4 aromatic rings. The Kier molecular flexibility index (Phi) is 5.06. The number of carbonyl (C=O) groups excluding carboxylic acids is 1. The SMILES string of the molecule is CCOc1ccc2nc(-c3ccc4c(c3)OCO4)c(CNC(=O)c3ccccc3F)n2n1. The van der Waals surface area contributed by atoms with E-state index in [1.54, 1.807) is 22.7 Å². The molecular weight excluding hydrogens is 415 g/mol. The van der Waals surface area contributed by atoms with Crippen molar-refractivity contribution in [1.82, 2.24) is 19.9 Å². The molecule has 8 nitrogen and oxygen atoms in total. The van der Waals surface area contributed by atoms with Crippen LogP contribution in [0.15, 0.2) is 54.6 Å². The van der Waals surface area contributed by atoms with Gasteiger partial charge in [-0.05, 0) is 43.3 Å². The van der Waals surface area contributed by atoms with Crippen LogP contribution in [0.4, 0.5) is 4.39 Å². The Morgan fingerprint density at radius 3 is 2.84 bits per heavy atom. The zero-order valence-corrected chi connectivity index (χ0v) is 17.2. The highest BCUT2D eigenvalue weighted by Gasteiger charge is 2.21. The van der Waals surface area contributed by atoms with Crippen LogP contribution in [-0.2, 0) is 6.54 Å². The van der Waals surface area contributed by atoms with Gasteiger partial charge in [-0.25, -0.2) is 13.9 Å². The number of ether oxygens (including phenoxy) is 3. The number of aromatic nitrogens is 3. The second kappa shape index (κ2) is 8.18. The summed E-state index contributed by atoms with van der Waals surface area (Å²) in [4.78, 5) is 17.3. The third kappa shape index (κ3) is 3.58. The van der Waals surface area contributed by atoms with Crippen molar-refractivity contribution in [2.45, 2.75) is 13.5 Å². The van der Waals surface area contributed by atoms with Gasteiger partial charge in [0.05, 0.1) is 30.1 Å². The molecule has 1 aliphatic rings. The Bertz CT molecular complexity index is 1320. The second-order valence-electron chi connectivity index (χ2n) is 7.01. The maximum absolute atomic E-state index is 14.0. The predicted molar refractivity (Wildman–Crippen MR) is 113 cm³/mol. The number of nitrogens with zero attached hydrogens (tertiary/aromatic N) is 3. The van der Waals surface area contributed by atoms with Crippen LogP contribution < -0.4 is 19.5 Å². The van der Waals surface area contributed by atoms with Crippen LogP contribution in [0.25, 0.3) is 16.9 Å². The molecule has 0 fully saturated rings. The average Bonchev–Trinajstić information content (AvgIpc) is 3.41. The molecule has 3 heterocycles. The van der Waals surface area contributed by atoms with Gasteiger partial charge < -0.3 is 19.5 Å². The van der Waals surface area contributed by atoms with Crippen molar-refractivity contribution in [1.29, 1.82) is 0 Å². The lowest BCUT2D eigenvalue weighted by molar-refractivity contribution is 0.0946. The molecule has 9 heteroatoms. The fraction of sp³-hybridized carbons (Fsp3) is 0.174. The molecule has 2 aromatic heterocycles. The van der Waals surface area contributed by atoms with Crippen LogP contribution >= 0.6 is 0 Å². The summed E-state index contributed by atoms with van der Waals surface area (Å²) < 4.78 is 32.1. The summed E-state index contributed by atoms with van der Waals surface area (Å²) in [5.74, 6) is 0.579. The minimum Gasteiger partial charge on any atom is -0.477 e. The van der Waals surface area contributed by atoms with Crippen molar-refractivity contribution in [3.63, 3.8) is 0 Å². The number of halogens is 1. The molecule has 1 N–H and O–H groups in total. The summed E-state index contributed by atoms with van der Waals surface area (Å²) >= 11 is 0. The highest BCUT2D eigenvalue weighted by atomic mass is 19.1. The number of nitrogens with one attached hydrogen (secondary N) is 1. The number of hydrogen-bond donors (Lipinski definition) is 1. The normalized spacial score (nSPS) is 12.2. The first-order valence-corrected chi connectivity index (χ1v) is 10.1. The van der Waals surface area contributed by atoms with Crippen molar-refractivity contribution in [2.24, 2.45) is 0 Å². The first-order chi connectivity index (χ1) is 15.6. The molecule has 0 atom stereocenters. The van der Waals surface area contributed by atoms with Gasteiger partial charge in [0.2, 0.25) is 12.7 Å². The molecular formula is C23H19FN4O4. The molecule has 32 heavy (non-hydrogen) atoms. The van der Waals surface area contributed by atoms with Gasteiger partial charge in [0.25, 0.3) is 5.91 Å². The third-order valence-corrected chi connectivity index (χ3v) is 5.02. The number of benzene rings is 2. The zero-order valence-electron chi connectivity index (χ0n) is 17.2. The van der Waals surface area contributed by atoms with Crippen molar-refractivity contribution >= 4 is 11.6 Å². The van der Waals surface area contributed by atoms with Gasteiger partial charge >= 0.3 is 0 Å². The smallest absolute Gasteiger partial charge is 0.254 e. The number of fused-ring (bicyclic) bond motifs is 2. The Morgan fingerprint density at radius 2 is 2.00 bits per heavy atom. The van der Waals surface area contributed by atoms with Crippen LogP contribution in [0.3, 0.4) is 0 Å². The van der Waals surface area contributed by atoms with Crippen LogP contribution in [0.1, 0.15) is 23.0 Å². The lowest BCUT2D eigenvalue weighted by atomic mass is 10.1. The molecule has 2 aromatic carbocycles. The maximum atomic E-state index is 14.0. The molecule has 0 saturated heterocycles. The van der Waals surface area contributed by atoms with E-state index in [9.17, 15) is 9.18 Å². The van der Waals surface area contributed by atoms with E-state index in [4.69, 9.17) is 19.2 Å². The van der Waals surface area contributed by atoms with Gasteiger partial charge in [-0.15, -0.1) is 5.10 Å². The van der Waals surface area contributed by atoms with E-state index in [1.165, 1.54) is 18.2 Å². The maximum Gasteiger partial charge on any atom is 0.254 e. The number of hydrogen-bond acceptors (Lipinski definition) is 6. The number of amides is 1. The van der Waals surface area contributed by atoms with Crippen molar-refractivity contribution in [3.8, 4) is 28.6 Å². The summed E-state index contributed by atoms with van der Waals surface area (Å²) in [5, 5.41) is 7.27. The lowest BCUT2D eigenvalue weighted by Crippen LogP contribution is -2.25. The van der Waals surface area contributed by atoms with E-state index in [2.05, 4.69) is 10.4 Å². The second-order valence-corrected chi connectivity index (χ2v) is 7.01. The molecule has 1 aliphatic heterocycles. The van der Waals surface area contributed by atoms with Crippen LogP contribution in [0, 0.1) is 5.82 Å². The van der Waals surface area contributed by atoms with Crippen LogP contribution in [-0.4, -0.2) is 33.9 Å². The van der Waals surface area contributed by atoms with Gasteiger partial charge in [0, 0.05) is 11.6 Å². The van der Waals surface area contributed by atoms with E-state index < -0.39 is 11.7 Å². The van der Waals surface area contributed by atoms with Gasteiger partial charge in [0.15, 0.2) is 17.1 Å². The van der Waals surface area contributed by atoms with E-state index in [0.29, 0.717) is 41.0 Å². The standard InChI is InChI=1S/C23H19FN4O4/c1-2-30-21-10-9-20-26-22(14-7-8-18-19(11-14)32-13-31-18)17(28(20)27-21)12-25-23(29)15-5-3-4-6-16(15)24/h3-11H,2,12-13H2,1H3,(H,25,29). The fourth-order valence-corrected chi connectivity index (χ4v) is 3.53. The predicted octanol–water partition coefficient (Wildman–Crippen LogP) is 3.59. The van der Waals surface area contributed by atoms with Gasteiger partial charge in [-0.1, -0.05) is 12.1 Å². The molecule has 0 aliphatic carbocycles. The first-order valence-electron chi connectivity index (χ1n) is 10.1. The molecule has 1 amide bonds. The third-order valence-electron chi connectivity index (χ3n) is 5.02. The number of rotatable bonds is 6. The molecule has 0 unspecified atom stereocenters. The van der Waals surface area contributed by atoms with Gasteiger partial charge in [-0.3, -0.25) is 4.79 Å². The molecule has 0 bridgehead atoms. The lowest BCUT2D eigenvalue weighted by Gasteiger charge is -2.09. The highest BCUT2D eigenvalue weighted by molar-refractivity contribution is 5.94. The van der Waals surface area contributed by atoms with E-state index in [-0.39, 0.29) is 18.9 Å². The minimum atomic E-state index is -0.587. The van der Waals surface area contributed by atoms with Crippen molar-refractivity contribution in [2.75, 3.05) is 13.4 Å². The Morgan fingerprint density at radius 1 is 1.16 bits per heavy atom. The monoisotopic (exact) mass is 434 g/mol. The van der Waals surface area contributed by atoms with E-state index >= 15 is 0 Å². The summed E-state index contributed by atoms with van der Waals surface area (Å²) in [6.07, 6.45) is 0. The van der Waals surface area contributed by atoms with Crippen molar-refractivity contribution < 1.29 is 23.4 Å². The zero-order chi connectivity index (χ0) is 22.1. The summed E-state index contributed by atoms with van der Waals surface area (Å²) in [5.41, 5.74) is 2.54. The largest absolute Gasteiger partial charge is 0.477 e. The average molecular weight is 434 g/mol. The van der Waals surface area contributed by atoms with Gasteiger partial charge in [0.1, 0.15) is 5.82 Å². The first kappa shape index (κ1) is 19.8. The Balaban J connectivity index is 1.55. The topological polar surface area (TPSA) is 87.0 Å². The van der Waals surface area contributed by atoms with Crippen LogP contribution in [0.2, 0.25) is 0 Å². The van der Waals surface area contributed by atoms with Gasteiger partial charge in [-0.2, -0.15) is 0 Å². The molecule has 0 radical (unpaired) electrons. The van der Waals surface area contributed by atoms with E-state index in [1.807, 2.05) is 25.1 Å². The molecule has 0 saturated carbocycles. The summed E-state index contributed by atoms with van der Waals surface area (Å²) in [6, 6.07) is 14.8. The van der Waals surface area contributed by atoms with Crippen molar-refractivity contribution in [3.05, 3.63) is 71.7 Å². The van der Waals surface area contributed by atoms with E-state index in [0.717, 1.165) is 5.56 Å². The Labute approximate surface area is 182 Å². The quantitative estimate of drug-likeness (QED) is 0.499. The summed E-state index contributed by atoms with van der Waals surface area (Å²) in [6.45, 7) is 2.56. The molecule has 5 rings (SSSR count). The molecule has 162 valence electrons. The highest BCUT2D eigenvalue weighted by Crippen LogP contribution is 2.36. The minimum absolute atomic E-state index is 0.0334. The molecule has 0 spiro atoms. The fourth-order valence-electron chi connectivity index (χ4n) is 3.53.